The molecule has 0 fully saturated rings. The molecule has 0 atom stereocenters. The number of unbranched alkanes of at least 4 members (excludes halogenated alkanes) is 2. The van der Waals surface area contributed by atoms with Gasteiger partial charge in [0.2, 0.25) is 0 Å². The lowest BCUT2D eigenvalue weighted by Crippen LogP contribution is -2.06. The molecule has 0 spiro atoms. The third-order valence-electron chi connectivity index (χ3n) is 5.97. The number of nitrogens with zero attached hydrogens (tertiary/aromatic N) is 2. The average Bonchev–Trinajstić information content (AvgIpc) is 3.47. The van der Waals surface area contributed by atoms with Crippen molar-refractivity contribution in [1.29, 1.82) is 0 Å². The number of rotatable bonds is 12. The van der Waals surface area contributed by atoms with Crippen LogP contribution < -0.4 is 4.74 Å². The van der Waals surface area contributed by atoms with Crippen LogP contribution >= 0.6 is 0 Å². The summed E-state index contributed by atoms with van der Waals surface area (Å²) in [5, 5.41) is 0. The Bertz CT molecular complexity index is 1270. The number of furan rings is 1. The zero-order chi connectivity index (χ0) is 25.3. The molecular weight excluding hydrogens is 452 g/mol. The Hall–Kier alpha value is -3.80. The summed E-state index contributed by atoms with van der Waals surface area (Å²) in [5.74, 6) is 3.44. The number of imidazole rings is 1. The van der Waals surface area contributed by atoms with E-state index in [1.54, 1.807) is 0 Å². The minimum absolute atomic E-state index is 0.124. The lowest BCUT2D eigenvalue weighted by Gasteiger charge is -2.14. The highest BCUT2D eigenvalue weighted by Crippen LogP contribution is 2.28. The quantitative estimate of drug-likeness (QED) is 0.160. The molecule has 0 saturated heterocycles. The van der Waals surface area contributed by atoms with Crippen molar-refractivity contribution in [3.8, 4) is 28.5 Å². The first-order chi connectivity index (χ1) is 17.5. The van der Waals surface area contributed by atoms with Gasteiger partial charge in [0, 0.05) is 29.3 Å². The van der Waals surface area contributed by atoms with Gasteiger partial charge in [-0.25, -0.2) is 4.98 Å². The van der Waals surface area contributed by atoms with E-state index < -0.39 is 0 Å². The number of carbonyl (C=O) groups excluding carboxylic acids is 1. The van der Waals surface area contributed by atoms with Gasteiger partial charge in [-0.1, -0.05) is 42.5 Å². The maximum Gasteiger partial charge on any atom is 0.305 e. The van der Waals surface area contributed by atoms with Crippen LogP contribution in [0.4, 0.5) is 0 Å². The summed E-state index contributed by atoms with van der Waals surface area (Å²) in [6.07, 6.45) is 5.19. The van der Waals surface area contributed by atoms with Gasteiger partial charge in [0.25, 0.3) is 0 Å². The second-order valence-corrected chi connectivity index (χ2v) is 8.89. The highest BCUT2D eigenvalue weighted by atomic mass is 16.5. The first kappa shape index (κ1) is 25.3. The number of benzene rings is 2. The third kappa shape index (κ3) is 6.66. The second kappa shape index (κ2) is 12.2. The third-order valence-corrected chi connectivity index (χ3v) is 5.97. The van der Waals surface area contributed by atoms with Crippen LogP contribution in [0.25, 0.3) is 22.7 Å². The van der Waals surface area contributed by atoms with Crippen molar-refractivity contribution < 1.29 is 18.7 Å². The van der Waals surface area contributed by atoms with Crippen molar-refractivity contribution in [2.45, 2.75) is 53.0 Å². The topological polar surface area (TPSA) is 66.5 Å². The predicted molar refractivity (Wildman–Crippen MR) is 141 cm³/mol. The first-order valence-electron chi connectivity index (χ1n) is 12.6. The van der Waals surface area contributed by atoms with E-state index in [0.717, 1.165) is 64.7 Å². The van der Waals surface area contributed by atoms with Crippen LogP contribution in [0.3, 0.4) is 0 Å². The van der Waals surface area contributed by atoms with Crippen molar-refractivity contribution in [3.05, 3.63) is 83.9 Å². The molecule has 2 aromatic carbocycles. The van der Waals surface area contributed by atoms with E-state index in [4.69, 9.17) is 18.9 Å². The number of carbonyl (C=O) groups is 1. The maximum atomic E-state index is 11.5. The SMILES string of the molecule is CCOC(=O)CCCCCOc1ccccc1Cn1cc(C)nc1-c1ccc(-c2ccc(C)o2)cc1. The van der Waals surface area contributed by atoms with Gasteiger partial charge in [-0.05, 0) is 58.2 Å². The molecule has 2 aromatic heterocycles. The molecule has 6 heteroatoms. The molecule has 0 unspecified atom stereocenters. The Morgan fingerprint density at radius 1 is 0.944 bits per heavy atom. The van der Waals surface area contributed by atoms with E-state index in [9.17, 15) is 4.79 Å². The maximum absolute atomic E-state index is 11.5. The molecule has 4 rings (SSSR count). The number of hydrogen-bond acceptors (Lipinski definition) is 5. The standard InChI is InChI=1S/C30H34N2O4/c1-4-34-29(33)12-6-5-9-19-35-27-11-8-7-10-26(27)21-32-20-22(2)31-30(32)25-16-14-24(15-17-25)28-18-13-23(3)36-28/h7-8,10-11,13-18,20H,4-6,9,12,19,21H2,1-3H3. The molecule has 0 aliphatic rings. The molecule has 36 heavy (non-hydrogen) atoms. The predicted octanol–water partition coefficient (Wildman–Crippen LogP) is 6.98. The largest absolute Gasteiger partial charge is 0.493 e. The fourth-order valence-corrected chi connectivity index (χ4v) is 4.19. The molecule has 0 amide bonds. The first-order valence-corrected chi connectivity index (χ1v) is 12.6. The van der Waals surface area contributed by atoms with E-state index in [1.165, 1.54) is 0 Å². The zero-order valence-electron chi connectivity index (χ0n) is 21.3. The Morgan fingerprint density at radius 3 is 2.47 bits per heavy atom. The molecule has 6 nitrogen and oxygen atoms in total. The molecule has 4 aromatic rings. The Labute approximate surface area is 212 Å². The van der Waals surface area contributed by atoms with Crippen molar-refractivity contribution in [3.63, 3.8) is 0 Å². The van der Waals surface area contributed by atoms with Crippen molar-refractivity contribution in [2.24, 2.45) is 0 Å². The van der Waals surface area contributed by atoms with Gasteiger partial charge in [-0.2, -0.15) is 0 Å². The van der Waals surface area contributed by atoms with Crippen LogP contribution in [0.5, 0.6) is 5.75 Å². The molecule has 0 bridgehead atoms. The van der Waals surface area contributed by atoms with E-state index in [0.29, 0.717) is 26.2 Å². The van der Waals surface area contributed by atoms with Crippen molar-refractivity contribution in [1.82, 2.24) is 9.55 Å². The smallest absolute Gasteiger partial charge is 0.305 e. The lowest BCUT2D eigenvalue weighted by molar-refractivity contribution is -0.143. The van der Waals surface area contributed by atoms with Gasteiger partial charge >= 0.3 is 5.97 Å². The fourth-order valence-electron chi connectivity index (χ4n) is 4.19. The van der Waals surface area contributed by atoms with Gasteiger partial charge in [0.15, 0.2) is 0 Å². The second-order valence-electron chi connectivity index (χ2n) is 8.89. The summed E-state index contributed by atoms with van der Waals surface area (Å²) < 4.78 is 19.0. The number of hydrogen-bond donors (Lipinski definition) is 0. The summed E-state index contributed by atoms with van der Waals surface area (Å²) in [5.41, 5.74) is 4.17. The number of para-hydroxylation sites is 1. The van der Waals surface area contributed by atoms with Gasteiger partial charge in [-0.15, -0.1) is 0 Å². The van der Waals surface area contributed by atoms with Crippen LogP contribution in [0.1, 0.15) is 49.6 Å². The van der Waals surface area contributed by atoms with Gasteiger partial charge < -0.3 is 18.5 Å². The molecule has 0 N–H and O–H groups in total. The van der Waals surface area contributed by atoms with Gasteiger partial charge in [-0.3, -0.25) is 4.79 Å². The lowest BCUT2D eigenvalue weighted by atomic mass is 10.1. The summed E-state index contributed by atoms with van der Waals surface area (Å²) in [7, 11) is 0. The van der Waals surface area contributed by atoms with Crippen LogP contribution in [0, 0.1) is 13.8 Å². The summed E-state index contributed by atoms with van der Waals surface area (Å²) in [6.45, 7) is 7.50. The van der Waals surface area contributed by atoms with Gasteiger partial charge in [0.05, 0.1) is 25.5 Å². The van der Waals surface area contributed by atoms with Crippen LogP contribution in [-0.4, -0.2) is 28.7 Å². The Morgan fingerprint density at radius 2 is 1.72 bits per heavy atom. The van der Waals surface area contributed by atoms with Crippen molar-refractivity contribution >= 4 is 5.97 Å². The van der Waals surface area contributed by atoms with Crippen molar-refractivity contribution in [2.75, 3.05) is 13.2 Å². The summed E-state index contributed by atoms with van der Waals surface area (Å²) in [6, 6.07) is 20.4. The fraction of sp³-hybridized carbons (Fsp3) is 0.333. The Balaban J connectivity index is 1.40. The summed E-state index contributed by atoms with van der Waals surface area (Å²) in [4.78, 5) is 16.3. The number of aryl methyl sites for hydroxylation is 2. The van der Waals surface area contributed by atoms with E-state index in [1.807, 2.05) is 51.1 Å². The van der Waals surface area contributed by atoms with Crippen LogP contribution in [0.2, 0.25) is 0 Å². The average molecular weight is 487 g/mol. The van der Waals surface area contributed by atoms with Gasteiger partial charge in [0.1, 0.15) is 23.1 Å². The van der Waals surface area contributed by atoms with E-state index in [2.05, 4.69) is 41.1 Å². The molecule has 2 heterocycles. The molecule has 0 radical (unpaired) electrons. The molecule has 0 aliphatic carbocycles. The molecule has 0 saturated carbocycles. The zero-order valence-corrected chi connectivity index (χ0v) is 21.3. The highest BCUT2D eigenvalue weighted by molar-refractivity contribution is 5.69. The normalized spacial score (nSPS) is 11.0. The van der Waals surface area contributed by atoms with E-state index in [-0.39, 0.29) is 5.97 Å². The molecule has 0 aliphatic heterocycles. The number of aromatic nitrogens is 2. The molecular formula is C30H34N2O4. The number of ether oxygens (including phenoxy) is 2. The minimum Gasteiger partial charge on any atom is -0.493 e. The number of esters is 1. The summed E-state index contributed by atoms with van der Waals surface area (Å²) >= 11 is 0. The van der Waals surface area contributed by atoms with Crippen LogP contribution in [0.15, 0.2) is 71.3 Å². The Kier molecular flexibility index (Phi) is 8.61. The van der Waals surface area contributed by atoms with E-state index >= 15 is 0 Å². The monoisotopic (exact) mass is 486 g/mol. The van der Waals surface area contributed by atoms with Crippen LogP contribution in [-0.2, 0) is 16.1 Å². The minimum atomic E-state index is -0.124. The molecule has 188 valence electrons. The highest BCUT2D eigenvalue weighted by Gasteiger charge is 2.12.